The Hall–Kier alpha value is -2.68. The van der Waals surface area contributed by atoms with Gasteiger partial charge in [0.1, 0.15) is 5.75 Å². The van der Waals surface area contributed by atoms with E-state index in [0.717, 1.165) is 0 Å². The highest BCUT2D eigenvalue weighted by Gasteiger charge is 2.14. The number of carboxylic acids is 1. The maximum Gasteiger partial charge on any atom is 0.387 e. The highest BCUT2D eigenvalue weighted by atomic mass is 32.2. The summed E-state index contributed by atoms with van der Waals surface area (Å²) in [6.45, 7) is -2.96. The highest BCUT2D eigenvalue weighted by Crippen LogP contribution is 2.21. The number of carbonyl (C=O) groups excluding carboxylic acids is 1. The summed E-state index contributed by atoms with van der Waals surface area (Å²) in [4.78, 5) is 10.4. The third-order valence-corrected chi connectivity index (χ3v) is 4.58. The average Bonchev–Trinajstić information content (AvgIpc) is 2.54. The van der Waals surface area contributed by atoms with E-state index in [9.17, 15) is 27.1 Å². The Morgan fingerprint density at radius 1 is 1.08 bits per heavy atom. The number of hydrogen-bond acceptors (Lipinski definition) is 5. The summed E-state index contributed by atoms with van der Waals surface area (Å²) < 4.78 is 55.2. The van der Waals surface area contributed by atoms with Gasteiger partial charge in [-0.25, -0.2) is 8.42 Å². The largest absolute Gasteiger partial charge is 0.550 e. The molecule has 2 rings (SSSR count). The highest BCUT2D eigenvalue weighted by molar-refractivity contribution is 7.92. The number of aryl methyl sites for hydroxylation is 1. The molecule has 0 unspecified atom stereocenters. The van der Waals surface area contributed by atoms with Gasteiger partial charge in [-0.1, -0.05) is 12.1 Å². The van der Waals surface area contributed by atoms with E-state index in [1.54, 1.807) is 0 Å². The van der Waals surface area contributed by atoms with Crippen molar-refractivity contribution in [3.8, 4) is 5.75 Å². The standard InChI is InChI=1S/C16H15F2NO5S/c17-16(18)24-13-6-4-12(5-7-13)19-25(22,23)14-8-1-11(2-9-14)3-10-15(20)21/h1-2,4-9,16,19H,3,10H2,(H,20,21)/p-1. The maximum absolute atomic E-state index is 12.3. The summed E-state index contributed by atoms with van der Waals surface area (Å²) in [7, 11) is -3.86. The Morgan fingerprint density at radius 2 is 1.68 bits per heavy atom. The Balaban J connectivity index is 2.06. The molecule has 2 aromatic rings. The number of benzene rings is 2. The number of sulfonamides is 1. The summed E-state index contributed by atoms with van der Waals surface area (Å²) in [5.74, 6) is -1.27. The summed E-state index contributed by atoms with van der Waals surface area (Å²) >= 11 is 0. The second-order valence-electron chi connectivity index (χ2n) is 5.02. The van der Waals surface area contributed by atoms with Gasteiger partial charge in [0.2, 0.25) is 0 Å². The van der Waals surface area contributed by atoms with Crippen LogP contribution in [0.15, 0.2) is 53.4 Å². The zero-order valence-electron chi connectivity index (χ0n) is 12.8. The number of nitrogens with one attached hydrogen (secondary N) is 1. The number of hydrogen-bond donors (Lipinski definition) is 1. The molecule has 1 N–H and O–H groups in total. The van der Waals surface area contributed by atoms with E-state index in [0.29, 0.717) is 5.56 Å². The van der Waals surface area contributed by atoms with Crippen LogP contribution in [0.25, 0.3) is 0 Å². The Bertz CT molecular complexity index is 821. The van der Waals surface area contributed by atoms with Crippen molar-refractivity contribution in [3.05, 3.63) is 54.1 Å². The zero-order chi connectivity index (χ0) is 18.4. The molecule has 0 amide bonds. The molecule has 0 aliphatic heterocycles. The number of ether oxygens (including phenoxy) is 1. The number of aliphatic carboxylic acids is 1. The van der Waals surface area contributed by atoms with Gasteiger partial charge in [0.25, 0.3) is 10.0 Å². The van der Waals surface area contributed by atoms with Gasteiger partial charge in [0.15, 0.2) is 0 Å². The minimum absolute atomic E-state index is 0.0161. The van der Waals surface area contributed by atoms with E-state index in [2.05, 4.69) is 9.46 Å². The van der Waals surface area contributed by atoms with Crippen LogP contribution in [0.5, 0.6) is 5.75 Å². The lowest BCUT2D eigenvalue weighted by atomic mass is 10.1. The van der Waals surface area contributed by atoms with Crippen molar-refractivity contribution in [3.63, 3.8) is 0 Å². The van der Waals surface area contributed by atoms with Crippen LogP contribution in [0.4, 0.5) is 14.5 Å². The first-order valence-corrected chi connectivity index (χ1v) is 8.61. The fourth-order valence-electron chi connectivity index (χ4n) is 2.00. The molecule has 2 aromatic carbocycles. The average molecular weight is 370 g/mol. The molecular formula is C16H14F2NO5S-. The number of anilines is 1. The molecule has 0 aliphatic carbocycles. The summed E-state index contributed by atoms with van der Waals surface area (Å²) in [6.07, 6.45) is 0.0824. The Labute approximate surface area is 143 Å². The molecule has 0 spiro atoms. The van der Waals surface area contributed by atoms with E-state index >= 15 is 0 Å². The molecule has 25 heavy (non-hydrogen) atoms. The van der Waals surface area contributed by atoms with E-state index in [-0.39, 0.29) is 29.2 Å². The van der Waals surface area contributed by atoms with Gasteiger partial charge < -0.3 is 14.6 Å². The molecule has 0 atom stereocenters. The smallest absolute Gasteiger partial charge is 0.387 e. The first-order chi connectivity index (χ1) is 11.8. The summed E-state index contributed by atoms with van der Waals surface area (Å²) in [5, 5.41) is 10.4. The second kappa shape index (κ2) is 7.93. The van der Waals surface area contributed by atoms with E-state index < -0.39 is 22.6 Å². The first kappa shape index (κ1) is 18.7. The minimum Gasteiger partial charge on any atom is -0.550 e. The topological polar surface area (TPSA) is 95.5 Å². The molecule has 0 aromatic heterocycles. The van der Waals surface area contributed by atoms with Crippen LogP contribution >= 0.6 is 0 Å². The molecule has 0 bridgehead atoms. The van der Waals surface area contributed by atoms with Gasteiger partial charge in [0, 0.05) is 11.7 Å². The first-order valence-electron chi connectivity index (χ1n) is 7.13. The Morgan fingerprint density at radius 3 is 2.20 bits per heavy atom. The molecule has 0 saturated heterocycles. The number of rotatable bonds is 8. The van der Waals surface area contributed by atoms with Gasteiger partial charge in [-0.15, -0.1) is 0 Å². The van der Waals surface area contributed by atoms with Gasteiger partial charge in [-0.05, 0) is 54.8 Å². The summed E-state index contributed by atoms with van der Waals surface area (Å²) in [5.41, 5.74) is 0.847. The summed E-state index contributed by atoms with van der Waals surface area (Å²) in [6, 6.07) is 10.7. The minimum atomic E-state index is -3.86. The van der Waals surface area contributed by atoms with Crippen LogP contribution in [0, 0.1) is 0 Å². The monoisotopic (exact) mass is 370 g/mol. The van der Waals surface area contributed by atoms with Crippen molar-refractivity contribution in [2.45, 2.75) is 24.3 Å². The maximum atomic E-state index is 12.3. The lowest BCUT2D eigenvalue weighted by molar-refractivity contribution is -0.305. The van der Waals surface area contributed by atoms with Gasteiger partial charge in [-0.2, -0.15) is 8.78 Å². The molecule has 6 nitrogen and oxygen atoms in total. The predicted octanol–water partition coefficient (Wildman–Crippen LogP) is 1.77. The van der Waals surface area contributed by atoms with Crippen LogP contribution in [0.1, 0.15) is 12.0 Å². The van der Waals surface area contributed by atoms with Crippen LogP contribution in [-0.4, -0.2) is 21.0 Å². The fourth-order valence-corrected chi connectivity index (χ4v) is 3.06. The third-order valence-electron chi connectivity index (χ3n) is 3.18. The molecule has 9 heteroatoms. The van der Waals surface area contributed by atoms with Crippen molar-refractivity contribution in [2.24, 2.45) is 0 Å². The fraction of sp³-hybridized carbons (Fsp3) is 0.188. The van der Waals surface area contributed by atoms with Crippen LogP contribution in [-0.2, 0) is 21.2 Å². The SMILES string of the molecule is O=C([O-])CCc1ccc(S(=O)(=O)Nc2ccc(OC(F)F)cc2)cc1. The van der Waals surface area contributed by atoms with Crippen molar-refractivity contribution < 1.29 is 31.8 Å². The normalized spacial score (nSPS) is 11.3. The van der Waals surface area contributed by atoms with Crippen LogP contribution in [0.2, 0.25) is 0 Å². The van der Waals surface area contributed by atoms with Crippen LogP contribution in [0.3, 0.4) is 0 Å². The quantitative estimate of drug-likeness (QED) is 0.764. The number of halogens is 2. The second-order valence-corrected chi connectivity index (χ2v) is 6.71. The molecule has 134 valence electrons. The lowest BCUT2D eigenvalue weighted by Gasteiger charge is -2.10. The van der Waals surface area contributed by atoms with Crippen molar-refractivity contribution in [2.75, 3.05) is 4.72 Å². The lowest BCUT2D eigenvalue weighted by Crippen LogP contribution is -2.22. The molecule has 0 saturated carbocycles. The number of carboxylic acid groups (broad SMARTS) is 1. The van der Waals surface area contributed by atoms with Gasteiger partial charge >= 0.3 is 6.61 Å². The van der Waals surface area contributed by atoms with E-state index in [4.69, 9.17) is 0 Å². The predicted molar refractivity (Wildman–Crippen MR) is 83.7 cm³/mol. The molecule has 0 aliphatic rings. The number of alkyl halides is 2. The van der Waals surface area contributed by atoms with Crippen molar-refractivity contribution in [1.82, 2.24) is 0 Å². The molecule has 0 heterocycles. The van der Waals surface area contributed by atoms with Gasteiger partial charge in [0.05, 0.1) is 4.90 Å². The molecule has 0 radical (unpaired) electrons. The van der Waals surface area contributed by atoms with E-state index in [1.165, 1.54) is 48.5 Å². The zero-order valence-corrected chi connectivity index (χ0v) is 13.6. The number of carbonyl (C=O) groups is 1. The van der Waals surface area contributed by atoms with Crippen LogP contribution < -0.4 is 14.6 Å². The van der Waals surface area contributed by atoms with E-state index in [1.807, 2.05) is 0 Å². The van der Waals surface area contributed by atoms with Gasteiger partial charge in [-0.3, -0.25) is 4.72 Å². The third kappa shape index (κ3) is 5.71. The molecule has 0 fully saturated rings. The van der Waals surface area contributed by atoms with Crippen molar-refractivity contribution in [1.29, 1.82) is 0 Å². The Kier molecular flexibility index (Phi) is 5.92. The van der Waals surface area contributed by atoms with Crippen molar-refractivity contribution >= 4 is 21.7 Å². The molecular weight excluding hydrogens is 356 g/mol.